The predicted octanol–water partition coefficient (Wildman–Crippen LogP) is 2.55. The number of methoxy groups -OCH3 is 1. The number of hydrogen-bond donors (Lipinski definition) is 1. The number of nitrogens with one attached hydrogen (secondary N) is 1. The molecule has 1 N–H and O–H groups in total. The van der Waals surface area contributed by atoms with Gasteiger partial charge in [0.05, 0.1) is 7.11 Å². The van der Waals surface area contributed by atoms with Crippen LogP contribution < -0.4 is 4.74 Å². The molecular formula is C13H18N2O. The van der Waals surface area contributed by atoms with Gasteiger partial charge in [0, 0.05) is 23.1 Å². The maximum Gasteiger partial charge on any atom is 0.119 e. The first-order chi connectivity index (χ1) is 7.61. The van der Waals surface area contributed by atoms with E-state index >= 15 is 0 Å². The highest BCUT2D eigenvalue weighted by Crippen LogP contribution is 2.26. The number of benzene rings is 1. The van der Waals surface area contributed by atoms with Crippen LogP contribution >= 0.6 is 0 Å². The van der Waals surface area contributed by atoms with Crippen molar-refractivity contribution in [2.45, 2.75) is 13.5 Å². The van der Waals surface area contributed by atoms with Crippen molar-refractivity contribution in [1.82, 2.24) is 9.88 Å². The molecule has 2 aromatic rings. The van der Waals surface area contributed by atoms with Gasteiger partial charge in [-0.2, -0.15) is 0 Å². The topological polar surface area (TPSA) is 28.3 Å². The molecule has 0 aliphatic heterocycles. The Morgan fingerprint density at radius 3 is 2.69 bits per heavy atom. The van der Waals surface area contributed by atoms with Crippen LogP contribution in [0.5, 0.6) is 5.75 Å². The monoisotopic (exact) mass is 218 g/mol. The van der Waals surface area contributed by atoms with Gasteiger partial charge in [0.15, 0.2) is 0 Å². The quantitative estimate of drug-likeness (QED) is 0.857. The molecular weight excluding hydrogens is 200 g/mol. The molecule has 0 atom stereocenters. The first-order valence-electron chi connectivity index (χ1n) is 5.41. The maximum absolute atomic E-state index is 5.26. The maximum atomic E-state index is 5.26. The molecule has 0 unspecified atom stereocenters. The normalized spacial score (nSPS) is 11.3. The van der Waals surface area contributed by atoms with E-state index in [0.717, 1.165) is 12.3 Å². The van der Waals surface area contributed by atoms with Crippen LogP contribution in [0.4, 0.5) is 0 Å². The predicted molar refractivity (Wildman–Crippen MR) is 67.0 cm³/mol. The van der Waals surface area contributed by atoms with Gasteiger partial charge >= 0.3 is 0 Å². The van der Waals surface area contributed by atoms with E-state index in [1.165, 1.54) is 22.2 Å². The Bertz CT molecular complexity index is 500. The Labute approximate surface area is 96.0 Å². The molecule has 0 spiro atoms. The van der Waals surface area contributed by atoms with Gasteiger partial charge in [-0.3, -0.25) is 0 Å². The van der Waals surface area contributed by atoms with Crippen molar-refractivity contribution in [3.05, 3.63) is 29.5 Å². The number of nitrogens with zero attached hydrogens (tertiary/aromatic N) is 1. The lowest BCUT2D eigenvalue weighted by atomic mass is 10.1. The van der Waals surface area contributed by atoms with Gasteiger partial charge in [0.2, 0.25) is 0 Å². The van der Waals surface area contributed by atoms with Crippen molar-refractivity contribution in [3.8, 4) is 5.75 Å². The number of H-pyrrole nitrogens is 1. The fourth-order valence-electron chi connectivity index (χ4n) is 2.01. The van der Waals surface area contributed by atoms with Crippen LogP contribution in [-0.4, -0.2) is 31.1 Å². The molecule has 0 saturated carbocycles. The Balaban J connectivity index is 2.56. The summed E-state index contributed by atoms with van der Waals surface area (Å²) in [5.74, 6) is 0.909. The number of aromatic amines is 1. The van der Waals surface area contributed by atoms with Gasteiger partial charge < -0.3 is 14.6 Å². The van der Waals surface area contributed by atoms with Gasteiger partial charge in [-0.15, -0.1) is 0 Å². The molecule has 2 rings (SSSR count). The molecule has 0 bridgehead atoms. The highest BCUT2D eigenvalue weighted by atomic mass is 16.5. The lowest BCUT2D eigenvalue weighted by Gasteiger charge is -2.09. The zero-order valence-electron chi connectivity index (χ0n) is 10.3. The van der Waals surface area contributed by atoms with Gasteiger partial charge in [0.25, 0.3) is 0 Å². The number of rotatable bonds is 3. The molecule has 3 heteroatoms. The molecule has 3 nitrogen and oxygen atoms in total. The highest BCUT2D eigenvalue weighted by Gasteiger charge is 2.09. The zero-order chi connectivity index (χ0) is 11.7. The van der Waals surface area contributed by atoms with E-state index in [4.69, 9.17) is 4.74 Å². The number of hydrogen-bond acceptors (Lipinski definition) is 2. The fourth-order valence-corrected chi connectivity index (χ4v) is 2.01. The second-order valence-corrected chi connectivity index (χ2v) is 4.38. The molecule has 0 fully saturated rings. The lowest BCUT2D eigenvalue weighted by molar-refractivity contribution is 0.402. The van der Waals surface area contributed by atoms with Gasteiger partial charge in [-0.1, -0.05) is 0 Å². The van der Waals surface area contributed by atoms with Crippen molar-refractivity contribution in [3.63, 3.8) is 0 Å². The summed E-state index contributed by atoms with van der Waals surface area (Å²) in [5.41, 5.74) is 3.76. The molecule has 0 aliphatic carbocycles. The number of ether oxygens (including phenoxy) is 1. The van der Waals surface area contributed by atoms with Crippen LogP contribution in [0.15, 0.2) is 18.2 Å². The largest absolute Gasteiger partial charge is 0.497 e. The number of aromatic nitrogens is 1. The minimum atomic E-state index is 0.909. The molecule has 0 radical (unpaired) electrons. The Hall–Kier alpha value is -1.48. The van der Waals surface area contributed by atoms with Crippen molar-refractivity contribution in [2.24, 2.45) is 0 Å². The minimum Gasteiger partial charge on any atom is -0.497 e. The van der Waals surface area contributed by atoms with Crippen LogP contribution in [0, 0.1) is 6.92 Å². The first kappa shape index (κ1) is 11.0. The molecule has 0 amide bonds. The smallest absolute Gasteiger partial charge is 0.119 e. The summed E-state index contributed by atoms with van der Waals surface area (Å²) in [6.07, 6.45) is 0. The zero-order valence-corrected chi connectivity index (χ0v) is 10.3. The molecule has 0 aliphatic rings. The third-order valence-electron chi connectivity index (χ3n) is 2.80. The fraction of sp³-hybridized carbons (Fsp3) is 0.385. The van der Waals surface area contributed by atoms with Crippen LogP contribution in [0.2, 0.25) is 0 Å². The van der Waals surface area contributed by atoms with Crippen molar-refractivity contribution in [2.75, 3.05) is 21.2 Å². The molecule has 86 valence electrons. The summed E-state index contributed by atoms with van der Waals surface area (Å²) in [6, 6.07) is 6.15. The molecule has 1 aromatic heterocycles. The second-order valence-electron chi connectivity index (χ2n) is 4.38. The van der Waals surface area contributed by atoms with E-state index in [2.05, 4.69) is 43.0 Å². The van der Waals surface area contributed by atoms with Crippen LogP contribution in [-0.2, 0) is 6.54 Å². The van der Waals surface area contributed by atoms with E-state index in [9.17, 15) is 0 Å². The van der Waals surface area contributed by atoms with E-state index < -0.39 is 0 Å². The van der Waals surface area contributed by atoms with Crippen LogP contribution in [0.1, 0.15) is 11.3 Å². The molecule has 16 heavy (non-hydrogen) atoms. The van der Waals surface area contributed by atoms with E-state index in [-0.39, 0.29) is 0 Å². The molecule has 0 saturated heterocycles. The number of fused-ring (bicyclic) bond motifs is 1. The lowest BCUT2D eigenvalue weighted by Crippen LogP contribution is -2.11. The summed E-state index contributed by atoms with van der Waals surface area (Å²) in [4.78, 5) is 5.58. The average molecular weight is 218 g/mol. The summed E-state index contributed by atoms with van der Waals surface area (Å²) < 4.78 is 5.26. The van der Waals surface area contributed by atoms with Crippen molar-refractivity contribution < 1.29 is 4.74 Å². The van der Waals surface area contributed by atoms with Crippen molar-refractivity contribution >= 4 is 10.9 Å². The van der Waals surface area contributed by atoms with Crippen LogP contribution in [0.3, 0.4) is 0 Å². The van der Waals surface area contributed by atoms with Crippen molar-refractivity contribution in [1.29, 1.82) is 0 Å². The van der Waals surface area contributed by atoms with Gasteiger partial charge in [-0.25, -0.2) is 0 Å². The van der Waals surface area contributed by atoms with E-state index in [0.29, 0.717) is 0 Å². The minimum absolute atomic E-state index is 0.909. The number of aryl methyl sites for hydroxylation is 1. The standard InChI is InChI=1S/C13H18N2O/c1-9-12(8-15(2)3)11-7-10(16-4)5-6-13(11)14-9/h5-7,14H,8H2,1-4H3. The summed E-state index contributed by atoms with van der Waals surface area (Å²) in [6.45, 7) is 3.06. The third-order valence-corrected chi connectivity index (χ3v) is 2.80. The summed E-state index contributed by atoms with van der Waals surface area (Å²) in [7, 11) is 5.86. The molecule has 1 aromatic carbocycles. The SMILES string of the molecule is COc1ccc2[nH]c(C)c(CN(C)C)c2c1. The summed E-state index contributed by atoms with van der Waals surface area (Å²) in [5, 5.41) is 1.26. The Morgan fingerprint density at radius 1 is 1.31 bits per heavy atom. The summed E-state index contributed by atoms with van der Waals surface area (Å²) >= 11 is 0. The van der Waals surface area contributed by atoms with E-state index in [1.54, 1.807) is 7.11 Å². The molecule has 1 heterocycles. The second kappa shape index (κ2) is 4.18. The average Bonchev–Trinajstić information content (AvgIpc) is 2.54. The first-order valence-corrected chi connectivity index (χ1v) is 5.41. The van der Waals surface area contributed by atoms with Crippen LogP contribution in [0.25, 0.3) is 10.9 Å². The highest BCUT2D eigenvalue weighted by molar-refractivity contribution is 5.85. The van der Waals surface area contributed by atoms with Gasteiger partial charge in [0.1, 0.15) is 5.75 Å². The van der Waals surface area contributed by atoms with Gasteiger partial charge in [-0.05, 0) is 44.8 Å². The third kappa shape index (κ3) is 1.91. The Morgan fingerprint density at radius 2 is 2.06 bits per heavy atom. The Kier molecular flexibility index (Phi) is 2.88. The van der Waals surface area contributed by atoms with E-state index in [1.807, 2.05) is 6.07 Å².